The van der Waals surface area contributed by atoms with E-state index < -0.39 is 22.3 Å². The van der Waals surface area contributed by atoms with Gasteiger partial charge in [-0.1, -0.05) is 18.1 Å². The minimum Gasteiger partial charge on any atom is -0.399 e. The maximum absolute atomic E-state index is 13.7. The number of aromatic nitrogens is 2. The Morgan fingerprint density at radius 1 is 1.21 bits per heavy atom. The number of nitrogens with two attached hydrogens (primary N) is 1. The van der Waals surface area contributed by atoms with E-state index in [-0.39, 0.29) is 11.5 Å². The first kappa shape index (κ1) is 22.2. The normalized spacial score (nSPS) is 19.5. The van der Waals surface area contributed by atoms with Crippen molar-refractivity contribution in [1.82, 2.24) is 14.3 Å². The molecule has 1 aromatic heterocycles. The molecule has 9 nitrogen and oxygen atoms in total. The molecule has 0 amide bonds. The van der Waals surface area contributed by atoms with Crippen LogP contribution in [0.5, 0.6) is 0 Å². The van der Waals surface area contributed by atoms with Crippen LogP contribution in [0.25, 0.3) is 0 Å². The number of nitrogens with one attached hydrogen (secondary N) is 1. The molecular weight excluding hydrogens is 452 g/mol. The highest BCUT2D eigenvalue weighted by atomic mass is 32.2. The maximum Gasteiger partial charge on any atom is 0.245 e. The summed E-state index contributed by atoms with van der Waals surface area (Å²) in [6.07, 6.45) is 6.03. The summed E-state index contributed by atoms with van der Waals surface area (Å²) in [5.74, 6) is 3.66. The van der Waals surface area contributed by atoms with E-state index in [0.717, 1.165) is 5.56 Å². The van der Waals surface area contributed by atoms with E-state index in [1.165, 1.54) is 22.8 Å². The van der Waals surface area contributed by atoms with Gasteiger partial charge in [-0.05, 0) is 42.0 Å². The van der Waals surface area contributed by atoms with Crippen LogP contribution in [-0.2, 0) is 21.3 Å². The monoisotopic (exact) mass is 476 g/mol. The number of nitrogen functional groups attached to an aromatic ring is 1. The predicted octanol–water partition coefficient (Wildman–Crippen LogP) is 2.19. The maximum atomic E-state index is 13.7. The van der Waals surface area contributed by atoms with Gasteiger partial charge in [-0.25, -0.2) is 18.4 Å². The summed E-state index contributed by atoms with van der Waals surface area (Å²) >= 11 is 0. The fourth-order valence-electron chi connectivity index (χ4n) is 4.31. The lowest BCUT2D eigenvalue weighted by atomic mass is 10.1. The van der Waals surface area contributed by atoms with E-state index in [9.17, 15) is 8.42 Å². The molecule has 3 heterocycles. The number of hydrogen-bond donors (Lipinski definition) is 2. The summed E-state index contributed by atoms with van der Waals surface area (Å²) in [5, 5.41) is 3.29. The molecule has 2 aromatic carbocycles. The molecule has 34 heavy (non-hydrogen) atoms. The highest BCUT2D eigenvalue weighted by molar-refractivity contribution is 7.89. The molecule has 5 rings (SSSR count). The average molecular weight is 477 g/mol. The van der Waals surface area contributed by atoms with Gasteiger partial charge in [-0.2, -0.15) is 4.31 Å². The van der Waals surface area contributed by atoms with Crippen LogP contribution in [0.3, 0.4) is 0 Å². The zero-order valence-corrected chi connectivity index (χ0v) is 19.4. The Morgan fingerprint density at radius 2 is 1.94 bits per heavy atom. The molecule has 3 aromatic rings. The molecule has 0 spiro atoms. The third-order valence-electron chi connectivity index (χ3n) is 6.01. The van der Waals surface area contributed by atoms with Crippen LogP contribution in [0.2, 0.25) is 0 Å². The van der Waals surface area contributed by atoms with Crippen molar-refractivity contribution in [2.24, 2.45) is 0 Å². The van der Waals surface area contributed by atoms with Crippen molar-refractivity contribution in [3.05, 3.63) is 71.5 Å². The van der Waals surface area contributed by atoms with Crippen molar-refractivity contribution in [1.29, 1.82) is 0 Å². The molecular formula is C24H24N6O3S. The molecule has 1 saturated heterocycles. The van der Waals surface area contributed by atoms with E-state index in [2.05, 4.69) is 21.2 Å². The first-order chi connectivity index (χ1) is 16.4. The zero-order valence-electron chi connectivity index (χ0n) is 18.5. The third kappa shape index (κ3) is 3.84. The molecule has 0 unspecified atom stereocenters. The second-order valence-electron chi connectivity index (χ2n) is 8.28. The van der Waals surface area contributed by atoms with Gasteiger partial charge in [0.05, 0.1) is 23.1 Å². The van der Waals surface area contributed by atoms with E-state index in [1.807, 2.05) is 36.2 Å². The van der Waals surface area contributed by atoms with Crippen LogP contribution in [0.1, 0.15) is 22.9 Å². The second kappa shape index (κ2) is 8.61. The topological polar surface area (TPSA) is 114 Å². The average Bonchev–Trinajstić information content (AvgIpc) is 3.20. The zero-order chi connectivity index (χ0) is 23.9. The van der Waals surface area contributed by atoms with Gasteiger partial charge in [0.15, 0.2) is 6.23 Å². The quantitative estimate of drug-likeness (QED) is 0.426. The number of fused-ring (bicyclic) bond motifs is 4. The minimum atomic E-state index is -3.88. The Morgan fingerprint density at radius 3 is 2.65 bits per heavy atom. The van der Waals surface area contributed by atoms with Crippen molar-refractivity contribution >= 4 is 27.3 Å². The highest BCUT2D eigenvalue weighted by Crippen LogP contribution is 2.44. The van der Waals surface area contributed by atoms with Crippen LogP contribution in [0.4, 0.5) is 17.3 Å². The molecule has 2 atom stereocenters. The van der Waals surface area contributed by atoms with Crippen molar-refractivity contribution in [2.75, 3.05) is 36.1 Å². The Balaban J connectivity index is 1.54. The van der Waals surface area contributed by atoms with Gasteiger partial charge in [0, 0.05) is 31.4 Å². The number of hydrogen-bond acceptors (Lipinski definition) is 8. The van der Waals surface area contributed by atoms with E-state index in [0.29, 0.717) is 41.5 Å². The molecule has 1 fully saturated rings. The van der Waals surface area contributed by atoms with Crippen molar-refractivity contribution in [3.8, 4) is 12.3 Å². The largest absolute Gasteiger partial charge is 0.399 e. The highest BCUT2D eigenvalue weighted by Gasteiger charge is 2.48. The Hall–Kier alpha value is -3.65. The van der Waals surface area contributed by atoms with Gasteiger partial charge in [0.2, 0.25) is 10.0 Å². The molecule has 3 N–H and O–H groups in total. The number of rotatable bonds is 5. The summed E-state index contributed by atoms with van der Waals surface area (Å²) < 4.78 is 34.9. The van der Waals surface area contributed by atoms with Gasteiger partial charge in [-0.3, -0.25) is 0 Å². The molecule has 0 saturated carbocycles. The molecule has 174 valence electrons. The fourth-order valence-corrected chi connectivity index (χ4v) is 5.98. The SMILES string of the molecule is C#Cc1ccc(S(=O)(=O)N2[C@H]3CNc4ncnc(N(C)Cc5ccc(N)cc5)c4[C@@H]2OC3)cc1. The van der Waals surface area contributed by atoms with E-state index in [4.69, 9.17) is 16.9 Å². The first-order valence-corrected chi connectivity index (χ1v) is 12.2. The lowest BCUT2D eigenvalue weighted by Gasteiger charge is -2.28. The molecule has 2 bridgehead atoms. The standard InChI is InChI=1S/C24H24N6O3S/c1-3-16-6-10-20(11-7-16)34(31,32)30-19-12-26-22-21(24(30)33-14-19)23(28-15-27-22)29(2)13-17-4-8-18(25)9-5-17/h1,4-11,15,19,24H,12-14,25H2,2H3,(H,26,27,28)/t19-,24-/m0/s1. The number of sulfonamides is 1. The minimum absolute atomic E-state index is 0.157. The van der Waals surface area contributed by atoms with Crippen molar-refractivity contribution < 1.29 is 13.2 Å². The smallest absolute Gasteiger partial charge is 0.245 e. The van der Waals surface area contributed by atoms with E-state index in [1.54, 1.807) is 12.1 Å². The molecule has 2 aliphatic rings. The van der Waals surface area contributed by atoms with Crippen LogP contribution in [-0.4, -0.2) is 48.9 Å². The Bertz CT molecular complexity index is 1350. The van der Waals surface area contributed by atoms with Crippen molar-refractivity contribution in [3.63, 3.8) is 0 Å². The Labute approximate surface area is 198 Å². The van der Waals surface area contributed by atoms with Crippen LogP contribution >= 0.6 is 0 Å². The molecule has 10 heteroatoms. The number of terminal acetylenes is 1. The third-order valence-corrected chi connectivity index (χ3v) is 7.92. The van der Waals surface area contributed by atoms with Crippen molar-refractivity contribution in [2.45, 2.75) is 23.7 Å². The van der Waals surface area contributed by atoms with Gasteiger partial charge < -0.3 is 20.7 Å². The first-order valence-electron chi connectivity index (χ1n) is 10.7. The van der Waals surface area contributed by atoms with Gasteiger partial charge in [0.25, 0.3) is 0 Å². The summed E-state index contributed by atoms with van der Waals surface area (Å²) in [4.78, 5) is 11.0. The molecule has 0 aliphatic carbocycles. The number of ether oxygens (including phenoxy) is 1. The number of nitrogens with zero attached hydrogens (tertiary/aromatic N) is 4. The van der Waals surface area contributed by atoms with Crippen LogP contribution in [0, 0.1) is 12.3 Å². The Kier molecular flexibility index (Phi) is 5.61. The number of benzene rings is 2. The van der Waals surface area contributed by atoms with Crippen LogP contribution < -0.4 is 16.0 Å². The van der Waals surface area contributed by atoms with Gasteiger partial charge in [-0.15, -0.1) is 6.42 Å². The van der Waals surface area contributed by atoms with Gasteiger partial charge >= 0.3 is 0 Å². The van der Waals surface area contributed by atoms with Crippen LogP contribution in [0.15, 0.2) is 59.8 Å². The predicted molar refractivity (Wildman–Crippen MR) is 129 cm³/mol. The molecule has 2 aliphatic heterocycles. The summed E-state index contributed by atoms with van der Waals surface area (Å²) in [5.41, 5.74) is 8.73. The van der Waals surface area contributed by atoms with E-state index >= 15 is 0 Å². The fraction of sp³-hybridized carbons (Fsp3) is 0.250. The summed E-state index contributed by atoms with van der Waals surface area (Å²) in [6.45, 7) is 1.16. The molecule has 0 radical (unpaired) electrons. The lowest BCUT2D eigenvalue weighted by Crippen LogP contribution is -2.40. The number of anilines is 3. The summed E-state index contributed by atoms with van der Waals surface area (Å²) in [7, 11) is -1.99. The van der Waals surface area contributed by atoms with Gasteiger partial charge in [0.1, 0.15) is 18.0 Å². The summed E-state index contributed by atoms with van der Waals surface area (Å²) in [6, 6.07) is 13.5. The second-order valence-corrected chi connectivity index (χ2v) is 10.1. The lowest BCUT2D eigenvalue weighted by molar-refractivity contribution is 0.0688.